The van der Waals surface area contributed by atoms with E-state index in [-0.39, 0.29) is 5.92 Å². The molecule has 2 aromatic carbocycles. The van der Waals surface area contributed by atoms with Crippen molar-refractivity contribution in [2.24, 2.45) is 5.92 Å². The fourth-order valence-corrected chi connectivity index (χ4v) is 5.03. The van der Waals surface area contributed by atoms with E-state index in [1.54, 1.807) is 0 Å². The van der Waals surface area contributed by atoms with E-state index in [4.69, 9.17) is 4.98 Å². The summed E-state index contributed by atoms with van der Waals surface area (Å²) >= 11 is 3.61. The van der Waals surface area contributed by atoms with Crippen LogP contribution < -0.4 is 0 Å². The Bertz CT molecular complexity index is 1050. The molecule has 0 saturated carbocycles. The number of carbonyl (C=O) groups excluding carboxylic acids is 1. The monoisotopic (exact) mass is 482 g/mol. The van der Waals surface area contributed by atoms with Crippen molar-refractivity contribution >= 4 is 32.9 Å². The quantitative estimate of drug-likeness (QED) is 0.461. The van der Waals surface area contributed by atoms with Gasteiger partial charge in [0.15, 0.2) is 0 Å². The molecule has 0 bridgehead atoms. The van der Waals surface area contributed by atoms with Crippen molar-refractivity contribution in [2.75, 3.05) is 26.2 Å². The van der Waals surface area contributed by atoms with E-state index >= 15 is 0 Å². The van der Waals surface area contributed by atoms with Crippen LogP contribution in [-0.4, -0.2) is 51.4 Å². The van der Waals surface area contributed by atoms with E-state index in [0.717, 1.165) is 79.0 Å². The van der Waals surface area contributed by atoms with Crippen molar-refractivity contribution < 1.29 is 4.79 Å². The SMILES string of the molecule is CCCN(CC)C(=O)[C@H]1CCCN(Cc2nc3ccccc3n2-c2cccc(Br)c2)C1. The second-order valence-electron chi connectivity index (χ2n) is 8.32. The molecule has 0 spiro atoms. The molecule has 164 valence electrons. The molecule has 0 aliphatic carbocycles. The van der Waals surface area contributed by atoms with Gasteiger partial charge < -0.3 is 4.90 Å². The fourth-order valence-electron chi connectivity index (χ4n) is 4.64. The third-order valence-electron chi connectivity index (χ3n) is 6.10. The molecule has 0 N–H and O–H groups in total. The zero-order valence-corrected chi connectivity index (χ0v) is 20.0. The minimum atomic E-state index is 0.0870. The summed E-state index contributed by atoms with van der Waals surface area (Å²) in [6.45, 7) is 8.41. The number of para-hydroxylation sites is 2. The number of fused-ring (bicyclic) bond motifs is 1. The van der Waals surface area contributed by atoms with Gasteiger partial charge in [-0.3, -0.25) is 14.3 Å². The van der Waals surface area contributed by atoms with E-state index in [1.165, 1.54) is 0 Å². The molecule has 4 rings (SSSR count). The lowest BCUT2D eigenvalue weighted by Crippen LogP contribution is -2.45. The van der Waals surface area contributed by atoms with Crippen LogP contribution in [0.1, 0.15) is 38.9 Å². The Balaban J connectivity index is 1.60. The van der Waals surface area contributed by atoms with Crippen molar-refractivity contribution in [2.45, 2.75) is 39.7 Å². The lowest BCUT2D eigenvalue weighted by Gasteiger charge is -2.34. The minimum Gasteiger partial charge on any atom is -0.343 e. The fraction of sp³-hybridized carbons (Fsp3) is 0.440. The zero-order valence-electron chi connectivity index (χ0n) is 18.4. The molecular formula is C25H31BrN4O. The van der Waals surface area contributed by atoms with Crippen LogP contribution in [0.25, 0.3) is 16.7 Å². The highest BCUT2D eigenvalue weighted by Gasteiger charge is 2.29. The van der Waals surface area contributed by atoms with Crippen LogP contribution in [0, 0.1) is 5.92 Å². The van der Waals surface area contributed by atoms with Crippen LogP contribution in [0.15, 0.2) is 53.0 Å². The first-order valence-corrected chi connectivity index (χ1v) is 12.1. The van der Waals surface area contributed by atoms with Crippen LogP contribution in [0.4, 0.5) is 0 Å². The normalized spacial score (nSPS) is 17.2. The first-order chi connectivity index (χ1) is 15.1. The average molecular weight is 483 g/mol. The van der Waals surface area contributed by atoms with Crippen molar-refractivity contribution in [1.82, 2.24) is 19.4 Å². The Morgan fingerprint density at radius 2 is 2.03 bits per heavy atom. The maximum absolute atomic E-state index is 13.1. The maximum atomic E-state index is 13.1. The molecule has 1 saturated heterocycles. The third kappa shape index (κ3) is 4.85. The number of likely N-dealkylation sites (tertiary alicyclic amines) is 1. The Morgan fingerprint density at radius 1 is 1.19 bits per heavy atom. The van der Waals surface area contributed by atoms with Gasteiger partial charge in [0.1, 0.15) is 5.82 Å². The van der Waals surface area contributed by atoms with Gasteiger partial charge in [0, 0.05) is 29.8 Å². The Kier molecular flexibility index (Phi) is 7.08. The number of carbonyl (C=O) groups is 1. The van der Waals surface area contributed by atoms with Gasteiger partial charge in [0.05, 0.1) is 23.5 Å². The predicted octanol–water partition coefficient (Wildman–Crippen LogP) is 5.26. The molecule has 1 fully saturated rings. The summed E-state index contributed by atoms with van der Waals surface area (Å²) in [6.07, 6.45) is 3.04. The van der Waals surface area contributed by atoms with Gasteiger partial charge in [0.2, 0.25) is 5.91 Å². The summed E-state index contributed by atoms with van der Waals surface area (Å²) in [5.74, 6) is 1.42. The summed E-state index contributed by atoms with van der Waals surface area (Å²) in [5, 5.41) is 0. The zero-order chi connectivity index (χ0) is 21.8. The number of rotatable bonds is 7. The van der Waals surface area contributed by atoms with E-state index in [2.05, 4.69) is 75.6 Å². The van der Waals surface area contributed by atoms with Crippen LogP contribution in [0.2, 0.25) is 0 Å². The Hall–Kier alpha value is -2.18. The molecule has 1 aromatic heterocycles. The highest BCUT2D eigenvalue weighted by molar-refractivity contribution is 9.10. The molecule has 3 aromatic rings. The molecular weight excluding hydrogens is 452 g/mol. The number of piperidine rings is 1. The maximum Gasteiger partial charge on any atom is 0.226 e. The summed E-state index contributed by atoms with van der Waals surface area (Å²) in [5.41, 5.74) is 3.21. The smallest absolute Gasteiger partial charge is 0.226 e. The van der Waals surface area contributed by atoms with Crippen LogP contribution >= 0.6 is 15.9 Å². The van der Waals surface area contributed by atoms with Crippen LogP contribution in [0.3, 0.4) is 0 Å². The number of amides is 1. The largest absolute Gasteiger partial charge is 0.343 e. The topological polar surface area (TPSA) is 41.4 Å². The first-order valence-electron chi connectivity index (χ1n) is 11.3. The molecule has 0 unspecified atom stereocenters. The average Bonchev–Trinajstić information content (AvgIpc) is 3.15. The van der Waals surface area contributed by atoms with E-state index in [9.17, 15) is 4.79 Å². The molecule has 0 radical (unpaired) electrons. The van der Waals surface area contributed by atoms with Gasteiger partial charge in [-0.25, -0.2) is 4.98 Å². The molecule has 5 nitrogen and oxygen atoms in total. The van der Waals surface area contributed by atoms with Gasteiger partial charge in [-0.2, -0.15) is 0 Å². The van der Waals surface area contributed by atoms with Gasteiger partial charge in [-0.15, -0.1) is 0 Å². The number of benzene rings is 2. The standard InChI is InChI=1S/C25H31BrN4O/c1-3-14-29(4-2)25(31)19-9-8-15-28(17-19)18-24-27-22-12-5-6-13-23(22)30(24)21-11-7-10-20(26)16-21/h5-7,10-13,16,19H,3-4,8-9,14-15,17-18H2,1-2H3/t19-/m0/s1. The highest BCUT2D eigenvalue weighted by atomic mass is 79.9. The lowest BCUT2D eigenvalue weighted by molar-refractivity contribution is -0.137. The van der Waals surface area contributed by atoms with Gasteiger partial charge in [-0.1, -0.05) is 41.1 Å². The lowest BCUT2D eigenvalue weighted by atomic mass is 9.96. The highest BCUT2D eigenvalue weighted by Crippen LogP contribution is 2.26. The van der Waals surface area contributed by atoms with Gasteiger partial charge in [0.25, 0.3) is 0 Å². The summed E-state index contributed by atoms with van der Waals surface area (Å²) < 4.78 is 3.30. The number of imidazole rings is 1. The summed E-state index contributed by atoms with van der Waals surface area (Å²) in [4.78, 5) is 22.5. The number of aromatic nitrogens is 2. The predicted molar refractivity (Wildman–Crippen MR) is 129 cm³/mol. The molecule has 31 heavy (non-hydrogen) atoms. The van der Waals surface area contributed by atoms with E-state index < -0.39 is 0 Å². The van der Waals surface area contributed by atoms with Crippen molar-refractivity contribution in [3.8, 4) is 5.69 Å². The second-order valence-corrected chi connectivity index (χ2v) is 9.24. The number of hydrogen-bond acceptors (Lipinski definition) is 3. The van der Waals surface area contributed by atoms with E-state index in [1.807, 2.05) is 17.0 Å². The first kappa shape index (κ1) is 22.0. The molecule has 6 heteroatoms. The van der Waals surface area contributed by atoms with Crippen molar-refractivity contribution in [1.29, 1.82) is 0 Å². The summed E-state index contributed by atoms with van der Waals surface area (Å²) in [7, 11) is 0. The van der Waals surface area contributed by atoms with Crippen LogP contribution in [-0.2, 0) is 11.3 Å². The van der Waals surface area contributed by atoms with Gasteiger partial charge in [-0.05, 0) is 63.1 Å². The van der Waals surface area contributed by atoms with Crippen LogP contribution in [0.5, 0.6) is 0 Å². The summed E-state index contributed by atoms with van der Waals surface area (Å²) in [6, 6.07) is 16.6. The van der Waals surface area contributed by atoms with Gasteiger partial charge >= 0.3 is 0 Å². The second kappa shape index (κ2) is 9.96. The number of halogens is 1. The minimum absolute atomic E-state index is 0.0870. The molecule has 2 heterocycles. The molecule has 1 aliphatic rings. The van der Waals surface area contributed by atoms with Crippen molar-refractivity contribution in [3.05, 3.63) is 58.8 Å². The molecule has 1 atom stereocenters. The van der Waals surface area contributed by atoms with Crippen molar-refractivity contribution in [3.63, 3.8) is 0 Å². The molecule has 1 amide bonds. The number of nitrogens with zero attached hydrogens (tertiary/aromatic N) is 4. The molecule has 1 aliphatic heterocycles. The third-order valence-corrected chi connectivity index (χ3v) is 6.60. The Morgan fingerprint density at radius 3 is 2.81 bits per heavy atom. The Labute approximate surface area is 193 Å². The van der Waals surface area contributed by atoms with E-state index in [0.29, 0.717) is 5.91 Å². The number of hydrogen-bond donors (Lipinski definition) is 0.